The van der Waals surface area contributed by atoms with Gasteiger partial charge in [0.1, 0.15) is 5.75 Å². The van der Waals surface area contributed by atoms with Crippen LogP contribution < -0.4 is 10.1 Å². The van der Waals surface area contributed by atoms with Gasteiger partial charge in [0.25, 0.3) is 5.91 Å². The number of esters is 1. The molecule has 2 rings (SSSR count). The van der Waals surface area contributed by atoms with Crippen molar-refractivity contribution in [2.45, 2.75) is 20.0 Å². The van der Waals surface area contributed by atoms with E-state index in [4.69, 9.17) is 21.1 Å². The van der Waals surface area contributed by atoms with E-state index in [-0.39, 0.29) is 5.91 Å². The molecule has 0 aliphatic rings. The van der Waals surface area contributed by atoms with Crippen LogP contribution in [0.4, 0.5) is 5.69 Å². The molecule has 24 heavy (non-hydrogen) atoms. The lowest BCUT2D eigenvalue weighted by atomic mass is 10.1. The van der Waals surface area contributed by atoms with Crippen molar-refractivity contribution in [1.29, 1.82) is 0 Å². The molecule has 1 atom stereocenters. The number of hydrogen-bond donors (Lipinski definition) is 1. The zero-order valence-corrected chi connectivity index (χ0v) is 14.4. The Morgan fingerprint density at radius 2 is 1.83 bits per heavy atom. The van der Waals surface area contributed by atoms with Gasteiger partial charge in [0.2, 0.25) is 0 Å². The molecule has 0 saturated carbocycles. The first-order valence-electron chi connectivity index (χ1n) is 7.34. The van der Waals surface area contributed by atoms with E-state index < -0.39 is 12.1 Å². The van der Waals surface area contributed by atoms with Crippen molar-refractivity contribution in [2.24, 2.45) is 0 Å². The highest BCUT2D eigenvalue weighted by atomic mass is 35.5. The van der Waals surface area contributed by atoms with Crippen LogP contribution in [0.5, 0.6) is 5.75 Å². The minimum atomic E-state index is -0.758. The number of nitrogens with one attached hydrogen (secondary N) is 1. The molecule has 0 heterocycles. The van der Waals surface area contributed by atoms with Crippen molar-refractivity contribution in [3.63, 3.8) is 0 Å². The molecule has 0 unspecified atom stereocenters. The highest BCUT2D eigenvalue weighted by molar-refractivity contribution is 6.32. The molecule has 0 radical (unpaired) electrons. The molecular weight excluding hydrogens is 330 g/mol. The fraction of sp³-hybridized carbons (Fsp3) is 0.222. The van der Waals surface area contributed by atoms with E-state index in [0.717, 1.165) is 0 Å². The van der Waals surface area contributed by atoms with Crippen LogP contribution >= 0.6 is 11.6 Å². The fourth-order valence-electron chi connectivity index (χ4n) is 2.12. The zero-order chi connectivity index (χ0) is 17.7. The maximum atomic E-state index is 12.3. The molecule has 0 aliphatic carbocycles. The summed E-state index contributed by atoms with van der Waals surface area (Å²) in [5.74, 6) is -0.370. The van der Waals surface area contributed by atoms with E-state index in [2.05, 4.69) is 5.32 Å². The van der Waals surface area contributed by atoms with Crippen LogP contribution in [0.3, 0.4) is 0 Å². The quantitative estimate of drug-likeness (QED) is 0.834. The molecule has 5 nitrogen and oxygen atoms in total. The molecule has 0 fully saturated rings. The second-order valence-corrected chi connectivity index (χ2v) is 5.56. The Morgan fingerprint density at radius 3 is 2.50 bits per heavy atom. The molecular formula is C18H18ClNO4. The Bertz CT molecular complexity index is 760. The molecule has 1 amide bonds. The summed E-state index contributed by atoms with van der Waals surface area (Å²) in [6, 6.07) is 12.0. The van der Waals surface area contributed by atoms with E-state index in [1.54, 1.807) is 56.3 Å². The van der Waals surface area contributed by atoms with Crippen LogP contribution in [-0.4, -0.2) is 25.1 Å². The predicted molar refractivity (Wildman–Crippen MR) is 92.7 cm³/mol. The summed E-state index contributed by atoms with van der Waals surface area (Å²) in [7, 11) is 1.31. The lowest BCUT2D eigenvalue weighted by Crippen LogP contribution is -2.30. The summed E-state index contributed by atoms with van der Waals surface area (Å²) in [5.41, 5.74) is 1.55. The van der Waals surface area contributed by atoms with Crippen molar-refractivity contribution < 1.29 is 19.1 Å². The van der Waals surface area contributed by atoms with Crippen molar-refractivity contribution in [3.05, 3.63) is 58.6 Å². The van der Waals surface area contributed by atoms with Crippen molar-refractivity contribution in [1.82, 2.24) is 0 Å². The predicted octanol–water partition coefficient (Wildman–Crippen LogP) is 3.84. The summed E-state index contributed by atoms with van der Waals surface area (Å²) >= 11 is 6.02. The number of ether oxygens (including phenoxy) is 2. The van der Waals surface area contributed by atoms with E-state index in [1.165, 1.54) is 7.11 Å². The van der Waals surface area contributed by atoms with Gasteiger partial charge in [0, 0.05) is 5.69 Å². The normalized spacial score (nSPS) is 11.5. The summed E-state index contributed by atoms with van der Waals surface area (Å²) in [5, 5.41) is 3.19. The van der Waals surface area contributed by atoms with Gasteiger partial charge in [-0.25, -0.2) is 4.79 Å². The van der Waals surface area contributed by atoms with Crippen molar-refractivity contribution in [3.8, 4) is 5.75 Å². The third kappa shape index (κ3) is 4.06. The van der Waals surface area contributed by atoms with Crippen LogP contribution in [-0.2, 0) is 9.53 Å². The molecule has 126 valence electrons. The first kappa shape index (κ1) is 17.8. The highest BCUT2D eigenvalue weighted by Crippen LogP contribution is 2.25. The number of amides is 1. The molecule has 2 aromatic rings. The van der Waals surface area contributed by atoms with Gasteiger partial charge in [-0.3, -0.25) is 4.79 Å². The number of rotatable bonds is 5. The number of carbonyl (C=O) groups excluding carboxylic acids is 2. The first-order valence-corrected chi connectivity index (χ1v) is 7.71. The fourth-order valence-corrected chi connectivity index (χ4v) is 2.30. The molecule has 1 N–H and O–H groups in total. The first-order chi connectivity index (χ1) is 11.4. The number of methoxy groups -OCH3 is 1. The van der Waals surface area contributed by atoms with Crippen LogP contribution in [0.15, 0.2) is 42.5 Å². The molecule has 0 aliphatic heterocycles. The molecule has 2 aromatic carbocycles. The smallest absolute Gasteiger partial charge is 0.338 e. The maximum absolute atomic E-state index is 12.3. The van der Waals surface area contributed by atoms with Gasteiger partial charge in [-0.05, 0) is 43.7 Å². The SMILES string of the molecule is COC(=O)c1cccc(NC(=O)[C@@H](C)Oc2ccccc2Cl)c1C. The third-order valence-corrected chi connectivity index (χ3v) is 3.82. The highest BCUT2D eigenvalue weighted by Gasteiger charge is 2.18. The number of halogens is 1. The van der Waals surface area contributed by atoms with Gasteiger partial charge < -0.3 is 14.8 Å². The molecule has 0 aromatic heterocycles. The second-order valence-electron chi connectivity index (χ2n) is 5.15. The average molecular weight is 348 g/mol. The molecule has 0 spiro atoms. The van der Waals surface area contributed by atoms with Crippen molar-refractivity contribution in [2.75, 3.05) is 12.4 Å². The monoisotopic (exact) mass is 347 g/mol. The molecule has 0 saturated heterocycles. The van der Waals surface area contributed by atoms with E-state index in [9.17, 15) is 9.59 Å². The standard InChI is InChI=1S/C18H18ClNO4/c1-11-13(18(22)23-3)7-6-9-15(11)20-17(21)12(2)24-16-10-5-4-8-14(16)19/h4-10,12H,1-3H3,(H,20,21)/t12-/m1/s1. The van der Waals surface area contributed by atoms with Crippen LogP contribution in [0.25, 0.3) is 0 Å². The Balaban J connectivity index is 2.12. The average Bonchev–Trinajstić information content (AvgIpc) is 2.58. The van der Waals surface area contributed by atoms with Gasteiger partial charge in [-0.15, -0.1) is 0 Å². The number of para-hydroxylation sites is 1. The van der Waals surface area contributed by atoms with Crippen LogP contribution in [0.1, 0.15) is 22.8 Å². The Kier molecular flexibility index (Phi) is 5.82. The van der Waals surface area contributed by atoms with Gasteiger partial charge in [0.15, 0.2) is 6.10 Å². The Hall–Kier alpha value is -2.53. The van der Waals surface area contributed by atoms with Crippen LogP contribution in [0.2, 0.25) is 5.02 Å². The summed E-state index contributed by atoms with van der Waals surface area (Å²) in [6.45, 7) is 3.36. The lowest BCUT2D eigenvalue weighted by Gasteiger charge is -2.17. The van der Waals surface area contributed by atoms with Gasteiger partial charge in [0.05, 0.1) is 17.7 Å². The van der Waals surface area contributed by atoms with E-state index in [1.807, 2.05) is 0 Å². The van der Waals surface area contributed by atoms with E-state index in [0.29, 0.717) is 27.6 Å². The Morgan fingerprint density at radius 1 is 1.12 bits per heavy atom. The number of carbonyl (C=O) groups is 2. The van der Waals surface area contributed by atoms with Gasteiger partial charge >= 0.3 is 5.97 Å². The zero-order valence-electron chi connectivity index (χ0n) is 13.6. The Labute approximate surface area is 145 Å². The number of anilines is 1. The third-order valence-electron chi connectivity index (χ3n) is 3.51. The topological polar surface area (TPSA) is 64.6 Å². The minimum absolute atomic E-state index is 0.347. The number of benzene rings is 2. The summed E-state index contributed by atoms with van der Waals surface area (Å²) in [6.07, 6.45) is -0.758. The maximum Gasteiger partial charge on any atom is 0.338 e. The van der Waals surface area contributed by atoms with Crippen molar-refractivity contribution >= 4 is 29.2 Å². The summed E-state index contributed by atoms with van der Waals surface area (Å²) in [4.78, 5) is 24.0. The second kappa shape index (κ2) is 7.84. The van der Waals surface area contributed by atoms with Crippen LogP contribution in [0, 0.1) is 6.92 Å². The molecule has 6 heteroatoms. The minimum Gasteiger partial charge on any atom is -0.479 e. The van der Waals surface area contributed by atoms with Gasteiger partial charge in [-0.2, -0.15) is 0 Å². The van der Waals surface area contributed by atoms with Gasteiger partial charge in [-0.1, -0.05) is 29.8 Å². The largest absolute Gasteiger partial charge is 0.479 e. The van der Waals surface area contributed by atoms with E-state index >= 15 is 0 Å². The lowest BCUT2D eigenvalue weighted by molar-refractivity contribution is -0.122. The summed E-state index contributed by atoms with van der Waals surface area (Å²) < 4.78 is 10.3. The molecule has 0 bridgehead atoms. The number of hydrogen-bond acceptors (Lipinski definition) is 4.